The molecule has 0 radical (unpaired) electrons. The number of carbonyl (C=O) groups is 1. The zero-order valence-electron chi connectivity index (χ0n) is 19.2. The molecule has 2 N–H and O–H groups in total. The summed E-state index contributed by atoms with van der Waals surface area (Å²) in [6.45, 7) is 0. The molecule has 0 spiro atoms. The van der Waals surface area contributed by atoms with E-state index in [1.54, 1.807) is 12.5 Å². The number of hydrogen-bond donors (Lipinski definition) is 2. The van der Waals surface area contributed by atoms with Crippen LogP contribution in [0, 0.1) is 0 Å². The van der Waals surface area contributed by atoms with Gasteiger partial charge in [0.2, 0.25) is 0 Å². The van der Waals surface area contributed by atoms with E-state index in [2.05, 4.69) is 131 Å². The molecule has 5 rings (SSSR count). The van der Waals surface area contributed by atoms with Gasteiger partial charge < -0.3 is 0 Å². The number of nitrogens with one attached hydrogen (secondary N) is 2. The van der Waals surface area contributed by atoms with E-state index < -0.39 is 7.92 Å². The summed E-state index contributed by atoms with van der Waals surface area (Å²) in [6.07, 6.45) is 10.9. The molecule has 1 aromatic heterocycles. The van der Waals surface area contributed by atoms with Crippen LogP contribution in [0.25, 0.3) is 0 Å². The second kappa shape index (κ2) is 13.1. The SMILES string of the molecule is O=[C]([Rh])[C@H](Cc1c[nH]cn1)NC1=CC=CC1.c1ccc(P(c2ccccc2)c2ccccc2)cc1. The molecule has 0 unspecified atom stereocenters. The summed E-state index contributed by atoms with van der Waals surface area (Å²) >= 11 is 2.43. The molecule has 0 saturated heterocycles. The molecule has 6 heteroatoms. The smallest absolute Gasteiger partial charge is 0.0134 e. The minimum atomic E-state index is -0.446. The molecule has 1 aliphatic rings. The maximum Gasteiger partial charge on any atom is -0.0134 e. The van der Waals surface area contributed by atoms with E-state index in [1.807, 2.05) is 12.2 Å². The summed E-state index contributed by atoms with van der Waals surface area (Å²) in [5.41, 5.74) is 1.96. The first-order valence-electron chi connectivity index (χ1n) is 11.4. The molecule has 4 aromatic rings. The van der Waals surface area contributed by atoms with Gasteiger partial charge in [-0.05, 0) is 23.8 Å². The van der Waals surface area contributed by atoms with Crippen molar-refractivity contribution in [3.8, 4) is 0 Å². The van der Waals surface area contributed by atoms with Gasteiger partial charge in [0.15, 0.2) is 0 Å². The Labute approximate surface area is 218 Å². The zero-order valence-corrected chi connectivity index (χ0v) is 21.7. The van der Waals surface area contributed by atoms with Crippen LogP contribution in [0.1, 0.15) is 12.1 Å². The molecule has 0 saturated carbocycles. The van der Waals surface area contributed by atoms with Crippen molar-refractivity contribution in [1.82, 2.24) is 15.3 Å². The maximum atomic E-state index is 11.5. The van der Waals surface area contributed by atoms with Crippen LogP contribution in [0.5, 0.6) is 0 Å². The van der Waals surface area contributed by atoms with Crippen molar-refractivity contribution in [1.29, 1.82) is 0 Å². The number of H-pyrrole nitrogens is 1. The van der Waals surface area contributed by atoms with Crippen LogP contribution in [0.3, 0.4) is 0 Å². The summed E-state index contributed by atoms with van der Waals surface area (Å²) in [5, 5.41) is 7.42. The minimum Gasteiger partial charge on any atom is -0.0622 e. The normalized spacial score (nSPS) is 13.1. The molecular formula is C29H27N3OPRh. The molecule has 0 aliphatic heterocycles. The first-order chi connectivity index (χ1) is 17.2. The average molecular weight is 567 g/mol. The van der Waals surface area contributed by atoms with Crippen molar-refractivity contribution < 1.29 is 23.1 Å². The Morgan fingerprint density at radius 2 is 1.46 bits per heavy atom. The van der Waals surface area contributed by atoms with E-state index in [4.69, 9.17) is 0 Å². The maximum absolute atomic E-state index is 11.5. The van der Waals surface area contributed by atoms with Crippen LogP contribution in [0.2, 0.25) is 0 Å². The molecule has 4 nitrogen and oxygen atoms in total. The van der Waals surface area contributed by atoms with E-state index in [1.165, 1.54) is 15.9 Å². The number of carbonyl (C=O) groups excluding carboxylic acids is 1. The molecule has 0 amide bonds. The van der Waals surface area contributed by atoms with Crippen LogP contribution in [0.4, 0.5) is 0 Å². The Kier molecular flexibility index (Phi) is 9.34. The minimum absolute atomic E-state index is 0.0250. The molecular weight excluding hydrogens is 540 g/mol. The van der Waals surface area contributed by atoms with Crippen molar-refractivity contribution >= 4 is 28.2 Å². The third kappa shape index (κ3) is 7.43. The zero-order chi connectivity index (χ0) is 24.3. The number of aromatic nitrogens is 2. The van der Waals surface area contributed by atoms with Crippen molar-refractivity contribution in [2.24, 2.45) is 0 Å². The second-order valence-electron chi connectivity index (χ2n) is 7.91. The van der Waals surface area contributed by atoms with Crippen molar-refractivity contribution in [2.75, 3.05) is 0 Å². The number of rotatable bonds is 8. The first-order valence-corrected chi connectivity index (χ1v) is 13.6. The number of hydrogen-bond acceptors (Lipinski definition) is 3. The predicted molar refractivity (Wildman–Crippen MR) is 141 cm³/mol. The molecule has 0 bridgehead atoms. The Balaban J connectivity index is 0.000000168. The van der Waals surface area contributed by atoms with Gasteiger partial charge in [0, 0.05) is 0 Å². The monoisotopic (exact) mass is 567 g/mol. The number of benzene rings is 3. The van der Waals surface area contributed by atoms with Crippen molar-refractivity contribution in [3.63, 3.8) is 0 Å². The Morgan fingerprint density at radius 1 is 0.914 bits per heavy atom. The van der Waals surface area contributed by atoms with Gasteiger partial charge in [-0.15, -0.1) is 0 Å². The van der Waals surface area contributed by atoms with Gasteiger partial charge in [-0.2, -0.15) is 0 Å². The van der Waals surface area contributed by atoms with Crippen molar-refractivity contribution in [3.05, 3.63) is 133 Å². The summed E-state index contributed by atoms with van der Waals surface area (Å²) in [6, 6.07) is 32.1. The number of aromatic amines is 1. The standard InChI is InChI=1S/C18H15P.C11H12N3O.Rh/c1-4-10-16(11-5-1)19(17-12-6-2-7-13-17)18-14-8-3-9-15-18;15-7-11(5-10-6-12-8-13-10)14-9-3-1-2-4-9;/h1-15H;1-3,6,8,11,14H,4-5H2,(H,12,13);/t;11-;/m.0./s1. The van der Waals surface area contributed by atoms with Gasteiger partial charge in [0.05, 0.1) is 0 Å². The molecule has 1 atom stereocenters. The van der Waals surface area contributed by atoms with Crippen LogP contribution in [-0.2, 0) is 29.5 Å². The van der Waals surface area contributed by atoms with E-state index in [0.29, 0.717) is 6.42 Å². The van der Waals surface area contributed by atoms with Gasteiger partial charge in [0.1, 0.15) is 0 Å². The van der Waals surface area contributed by atoms with Crippen molar-refractivity contribution in [2.45, 2.75) is 18.9 Å². The van der Waals surface area contributed by atoms with Crippen LogP contribution in [-0.4, -0.2) is 20.4 Å². The van der Waals surface area contributed by atoms with Crippen LogP contribution in [0.15, 0.2) is 127 Å². The van der Waals surface area contributed by atoms with Gasteiger partial charge in [-0.25, -0.2) is 0 Å². The molecule has 35 heavy (non-hydrogen) atoms. The third-order valence-corrected chi connectivity index (χ3v) is 8.42. The van der Waals surface area contributed by atoms with Crippen LogP contribution < -0.4 is 21.2 Å². The average Bonchev–Trinajstić information content (AvgIpc) is 3.61. The Bertz CT molecular complexity index is 1150. The fourth-order valence-electron chi connectivity index (χ4n) is 3.75. The summed E-state index contributed by atoms with van der Waals surface area (Å²) < 4.78 is 0.0250. The fourth-order valence-corrected chi connectivity index (χ4v) is 6.34. The number of allylic oxidation sites excluding steroid dienone is 3. The largest absolute Gasteiger partial charge is 0.0622 e. The summed E-state index contributed by atoms with van der Waals surface area (Å²) in [7, 11) is -0.446. The van der Waals surface area contributed by atoms with Gasteiger partial charge in [-0.3, -0.25) is 0 Å². The first kappa shape index (κ1) is 25.0. The van der Waals surface area contributed by atoms with E-state index in [-0.39, 0.29) is 10.4 Å². The summed E-state index contributed by atoms with van der Waals surface area (Å²) in [5.74, 6) is 0. The topological polar surface area (TPSA) is 57.8 Å². The van der Waals surface area contributed by atoms with E-state index >= 15 is 0 Å². The van der Waals surface area contributed by atoms with Gasteiger partial charge in [0.25, 0.3) is 0 Å². The Hall–Kier alpha value is -3.13. The van der Waals surface area contributed by atoms with E-state index in [9.17, 15) is 4.79 Å². The molecule has 1 heterocycles. The predicted octanol–water partition coefficient (Wildman–Crippen LogP) is 4.27. The Morgan fingerprint density at radius 3 is 1.86 bits per heavy atom. The quantitative estimate of drug-likeness (QED) is 0.247. The summed E-state index contributed by atoms with van der Waals surface area (Å²) in [4.78, 5) is 18.5. The fraction of sp³-hybridized carbons (Fsp3) is 0.103. The molecule has 1 aliphatic carbocycles. The van der Waals surface area contributed by atoms with Crippen LogP contribution >= 0.6 is 7.92 Å². The van der Waals surface area contributed by atoms with Gasteiger partial charge >= 0.3 is 104 Å². The molecule has 178 valence electrons. The number of nitrogens with zero attached hydrogens (tertiary/aromatic N) is 1. The molecule has 0 fully saturated rings. The number of imidazole rings is 1. The second-order valence-corrected chi connectivity index (χ2v) is 10.9. The third-order valence-electron chi connectivity index (χ3n) is 5.40. The molecule has 3 aromatic carbocycles. The van der Waals surface area contributed by atoms with Gasteiger partial charge in [-0.1, -0.05) is 91.0 Å². The van der Waals surface area contributed by atoms with E-state index in [0.717, 1.165) is 17.8 Å².